The molecular weight excluding hydrogens is 438 g/mol. The minimum atomic E-state index is 0.516. The highest BCUT2D eigenvalue weighted by Crippen LogP contribution is 2.38. The molecule has 8 heteroatoms. The number of pyridine rings is 1. The second-order valence-corrected chi connectivity index (χ2v) is 8.33. The van der Waals surface area contributed by atoms with Crippen molar-refractivity contribution in [3.8, 4) is 39.5 Å². The van der Waals surface area contributed by atoms with E-state index in [2.05, 4.69) is 15.1 Å². The van der Waals surface area contributed by atoms with E-state index in [1.807, 2.05) is 92.7 Å². The van der Waals surface area contributed by atoms with Crippen LogP contribution in [0.2, 0.25) is 0 Å². The SMILES string of the molecule is CCOc1cc2ncnc(-c3cn(C)nc3-c3ccccc3)c2nc1-c1cccc2nn(C)cc12. The first-order valence-electron chi connectivity index (χ1n) is 11.4. The normalized spacial score (nSPS) is 11.4. The summed E-state index contributed by atoms with van der Waals surface area (Å²) in [5.41, 5.74) is 7.47. The maximum Gasteiger partial charge on any atom is 0.147 e. The number of hydrogen-bond donors (Lipinski definition) is 0. The average molecular weight is 462 g/mol. The summed E-state index contributed by atoms with van der Waals surface area (Å²) in [6.45, 7) is 2.48. The first-order valence-corrected chi connectivity index (χ1v) is 11.4. The van der Waals surface area contributed by atoms with E-state index in [0.717, 1.165) is 44.7 Å². The average Bonchev–Trinajstić information content (AvgIpc) is 3.45. The van der Waals surface area contributed by atoms with Crippen LogP contribution in [0.4, 0.5) is 0 Å². The van der Waals surface area contributed by atoms with Crippen molar-refractivity contribution < 1.29 is 4.74 Å². The minimum absolute atomic E-state index is 0.516. The molecule has 0 radical (unpaired) electrons. The summed E-state index contributed by atoms with van der Waals surface area (Å²) in [7, 11) is 3.83. The molecule has 0 aliphatic heterocycles. The molecule has 0 unspecified atom stereocenters. The highest BCUT2D eigenvalue weighted by Gasteiger charge is 2.21. The van der Waals surface area contributed by atoms with E-state index < -0.39 is 0 Å². The second-order valence-electron chi connectivity index (χ2n) is 8.33. The van der Waals surface area contributed by atoms with Gasteiger partial charge in [-0.1, -0.05) is 42.5 Å². The Morgan fingerprint density at radius 1 is 0.771 bits per heavy atom. The van der Waals surface area contributed by atoms with Crippen molar-refractivity contribution in [1.29, 1.82) is 0 Å². The standard InChI is InChI=1S/C27H23N7O/c1-4-35-23-13-22-27(30-25(23)18-11-8-12-21-19(18)14-33(2)31-21)26(29-16-28-22)20-15-34(3)32-24(20)17-9-6-5-7-10-17/h5-16H,4H2,1-3H3. The van der Waals surface area contributed by atoms with E-state index >= 15 is 0 Å². The van der Waals surface area contributed by atoms with Crippen LogP contribution < -0.4 is 4.74 Å². The van der Waals surface area contributed by atoms with Crippen molar-refractivity contribution in [1.82, 2.24) is 34.5 Å². The lowest BCUT2D eigenvalue weighted by Crippen LogP contribution is -2.00. The summed E-state index contributed by atoms with van der Waals surface area (Å²) in [6, 6.07) is 18.1. The summed E-state index contributed by atoms with van der Waals surface area (Å²) in [5.74, 6) is 0.676. The van der Waals surface area contributed by atoms with Crippen molar-refractivity contribution in [2.45, 2.75) is 6.92 Å². The molecule has 0 aliphatic rings. The quantitative estimate of drug-likeness (QED) is 0.357. The molecule has 2 aromatic carbocycles. The van der Waals surface area contributed by atoms with E-state index in [4.69, 9.17) is 14.8 Å². The first-order chi connectivity index (χ1) is 17.1. The van der Waals surface area contributed by atoms with Crippen LogP contribution >= 0.6 is 0 Å². The molecule has 6 rings (SSSR count). The fraction of sp³-hybridized carbons (Fsp3) is 0.148. The molecule has 6 aromatic rings. The molecule has 0 N–H and O–H groups in total. The van der Waals surface area contributed by atoms with Gasteiger partial charge in [0.25, 0.3) is 0 Å². The largest absolute Gasteiger partial charge is 0.492 e. The monoisotopic (exact) mass is 461 g/mol. The van der Waals surface area contributed by atoms with Crippen LogP contribution in [0.5, 0.6) is 5.75 Å². The third kappa shape index (κ3) is 3.59. The summed E-state index contributed by atoms with van der Waals surface area (Å²) in [5, 5.41) is 10.3. The van der Waals surface area contributed by atoms with Gasteiger partial charge in [0.2, 0.25) is 0 Å². The predicted octanol–water partition coefficient (Wildman–Crippen LogP) is 5.04. The molecule has 0 bridgehead atoms. The van der Waals surface area contributed by atoms with Crippen molar-refractivity contribution in [2.75, 3.05) is 6.61 Å². The molecular formula is C27H23N7O. The maximum atomic E-state index is 6.03. The van der Waals surface area contributed by atoms with Crippen molar-refractivity contribution in [3.05, 3.63) is 73.3 Å². The van der Waals surface area contributed by atoms with Gasteiger partial charge in [0.1, 0.15) is 34.7 Å². The predicted molar refractivity (Wildman–Crippen MR) is 136 cm³/mol. The fourth-order valence-corrected chi connectivity index (χ4v) is 4.46. The first kappa shape index (κ1) is 21.0. The lowest BCUT2D eigenvalue weighted by atomic mass is 10.0. The molecule has 35 heavy (non-hydrogen) atoms. The summed E-state index contributed by atoms with van der Waals surface area (Å²) >= 11 is 0. The van der Waals surface area contributed by atoms with Crippen LogP contribution in [0.25, 0.3) is 55.7 Å². The Balaban J connectivity index is 1.64. The number of ether oxygens (including phenoxy) is 1. The molecule has 8 nitrogen and oxygen atoms in total. The fourth-order valence-electron chi connectivity index (χ4n) is 4.46. The van der Waals surface area contributed by atoms with E-state index in [1.165, 1.54) is 0 Å². The molecule has 0 aliphatic carbocycles. The molecule has 0 spiro atoms. The zero-order chi connectivity index (χ0) is 23.9. The van der Waals surface area contributed by atoms with Gasteiger partial charge in [-0.25, -0.2) is 15.0 Å². The van der Waals surface area contributed by atoms with Crippen LogP contribution in [0.3, 0.4) is 0 Å². The van der Waals surface area contributed by atoms with Gasteiger partial charge in [0, 0.05) is 54.6 Å². The lowest BCUT2D eigenvalue weighted by molar-refractivity contribution is 0.341. The van der Waals surface area contributed by atoms with Crippen molar-refractivity contribution >= 4 is 21.9 Å². The van der Waals surface area contributed by atoms with Crippen molar-refractivity contribution in [3.63, 3.8) is 0 Å². The third-order valence-corrected chi connectivity index (χ3v) is 5.93. The van der Waals surface area contributed by atoms with Crippen LogP contribution in [-0.2, 0) is 14.1 Å². The molecule has 0 amide bonds. The molecule has 0 fully saturated rings. The van der Waals surface area contributed by atoms with Gasteiger partial charge in [0.05, 0.1) is 17.6 Å². The molecule has 0 saturated heterocycles. The number of fused-ring (bicyclic) bond motifs is 2. The molecule has 0 atom stereocenters. The Hall–Kier alpha value is -4.59. The van der Waals surface area contributed by atoms with Gasteiger partial charge in [-0.2, -0.15) is 10.2 Å². The Kier molecular flexibility index (Phi) is 4.99. The second kappa shape index (κ2) is 8.32. The highest BCUT2D eigenvalue weighted by atomic mass is 16.5. The summed E-state index contributed by atoms with van der Waals surface area (Å²) < 4.78 is 9.65. The minimum Gasteiger partial charge on any atom is -0.492 e. The zero-order valence-electron chi connectivity index (χ0n) is 19.7. The molecule has 4 heterocycles. The van der Waals surface area contributed by atoms with E-state index in [0.29, 0.717) is 23.4 Å². The van der Waals surface area contributed by atoms with Crippen molar-refractivity contribution in [2.24, 2.45) is 14.1 Å². The number of aromatic nitrogens is 7. The number of benzene rings is 2. The zero-order valence-corrected chi connectivity index (χ0v) is 19.7. The topological polar surface area (TPSA) is 83.5 Å². The maximum absolute atomic E-state index is 6.03. The Labute approximate surface area is 201 Å². The van der Waals surface area contributed by atoms with Crippen LogP contribution in [0, 0.1) is 0 Å². The molecule has 172 valence electrons. The lowest BCUT2D eigenvalue weighted by Gasteiger charge is -2.13. The van der Waals surface area contributed by atoms with Gasteiger partial charge in [-0.05, 0) is 13.0 Å². The number of aryl methyl sites for hydroxylation is 2. The van der Waals surface area contributed by atoms with Gasteiger partial charge >= 0.3 is 0 Å². The number of rotatable bonds is 5. The van der Waals surface area contributed by atoms with Gasteiger partial charge in [0.15, 0.2) is 0 Å². The number of hydrogen-bond acceptors (Lipinski definition) is 6. The Morgan fingerprint density at radius 3 is 2.43 bits per heavy atom. The molecule has 4 aromatic heterocycles. The van der Waals surface area contributed by atoms with E-state index in [1.54, 1.807) is 11.0 Å². The van der Waals surface area contributed by atoms with Crippen LogP contribution in [-0.4, -0.2) is 41.1 Å². The summed E-state index contributed by atoms with van der Waals surface area (Å²) in [6.07, 6.45) is 5.55. The van der Waals surface area contributed by atoms with Crippen LogP contribution in [0.1, 0.15) is 6.92 Å². The van der Waals surface area contributed by atoms with E-state index in [-0.39, 0.29) is 0 Å². The summed E-state index contributed by atoms with van der Waals surface area (Å²) in [4.78, 5) is 14.3. The van der Waals surface area contributed by atoms with Gasteiger partial charge in [-0.3, -0.25) is 9.36 Å². The van der Waals surface area contributed by atoms with Gasteiger partial charge in [-0.15, -0.1) is 0 Å². The smallest absolute Gasteiger partial charge is 0.147 e. The molecule has 0 saturated carbocycles. The van der Waals surface area contributed by atoms with Gasteiger partial charge < -0.3 is 4.74 Å². The number of nitrogens with zero attached hydrogens (tertiary/aromatic N) is 7. The highest BCUT2D eigenvalue weighted by molar-refractivity contribution is 5.99. The van der Waals surface area contributed by atoms with Crippen LogP contribution in [0.15, 0.2) is 73.3 Å². The third-order valence-electron chi connectivity index (χ3n) is 5.93. The Morgan fingerprint density at radius 2 is 1.60 bits per heavy atom. The van der Waals surface area contributed by atoms with E-state index in [9.17, 15) is 0 Å². The Bertz CT molecular complexity index is 1690.